The van der Waals surface area contributed by atoms with Gasteiger partial charge < -0.3 is 10.2 Å². The number of rotatable bonds is 5. The molecular weight excluding hydrogens is 150 g/mol. The third-order valence-electron chi connectivity index (χ3n) is 1.47. The van der Waals surface area contributed by atoms with Gasteiger partial charge in [0.05, 0.1) is 4.92 Å². The third kappa shape index (κ3) is 4.69. The molecule has 0 saturated heterocycles. The molecule has 0 bridgehead atoms. The summed E-state index contributed by atoms with van der Waals surface area (Å²) in [4.78, 5) is 9.16. The van der Waals surface area contributed by atoms with Crippen molar-refractivity contribution in [2.24, 2.45) is 5.92 Å². The van der Waals surface area contributed by atoms with E-state index in [1.165, 1.54) is 0 Å². The maximum atomic E-state index is 9.89. The summed E-state index contributed by atoms with van der Waals surface area (Å²) in [6, 6.07) is 0. The van der Waals surface area contributed by atoms with E-state index >= 15 is 0 Å². The summed E-state index contributed by atoms with van der Waals surface area (Å²) in [5.74, 6) is 0.0181. The highest BCUT2D eigenvalue weighted by atomic mass is 16.7. The van der Waals surface area contributed by atoms with Crippen molar-refractivity contribution in [1.29, 1.82) is 0 Å². The largest absolute Gasteiger partial charge is 0.396 e. The lowest BCUT2D eigenvalue weighted by molar-refractivity contribution is -0.571. The van der Waals surface area contributed by atoms with E-state index < -0.39 is 11.2 Å². The van der Waals surface area contributed by atoms with Crippen molar-refractivity contribution < 1.29 is 15.1 Å². The van der Waals surface area contributed by atoms with Gasteiger partial charge in [0.1, 0.15) is 0 Å². The molecule has 0 aromatic carbocycles. The predicted octanol–water partition coefficient (Wildman–Crippen LogP) is -0.00990. The van der Waals surface area contributed by atoms with E-state index in [1.807, 2.05) is 0 Å². The Morgan fingerprint density at radius 2 is 2.09 bits per heavy atom. The van der Waals surface area contributed by atoms with Crippen LogP contribution in [-0.2, 0) is 0 Å². The second kappa shape index (κ2) is 5.03. The van der Waals surface area contributed by atoms with Crippen molar-refractivity contribution in [2.75, 3.05) is 6.61 Å². The Labute approximate surface area is 64.8 Å². The van der Waals surface area contributed by atoms with Crippen molar-refractivity contribution in [2.45, 2.75) is 26.0 Å². The molecule has 66 valence electrons. The van der Waals surface area contributed by atoms with Gasteiger partial charge in [0.2, 0.25) is 0 Å². The van der Waals surface area contributed by atoms with Crippen LogP contribution >= 0.6 is 0 Å². The quantitative estimate of drug-likeness (QED) is 0.339. The zero-order chi connectivity index (χ0) is 8.85. The summed E-state index contributed by atoms with van der Waals surface area (Å²) in [6.45, 7) is 1.77. The van der Waals surface area contributed by atoms with Crippen LogP contribution in [0.1, 0.15) is 19.8 Å². The molecule has 0 spiro atoms. The molecule has 2 N–H and O–H groups in total. The van der Waals surface area contributed by atoms with Gasteiger partial charge in [-0.05, 0) is 12.3 Å². The van der Waals surface area contributed by atoms with Gasteiger partial charge in [-0.15, -0.1) is 0 Å². The number of hydrogen-bond acceptors (Lipinski definition) is 4. The van der Waals surface area contributed by atoms with Crippen molar-refractivity contribution in [3.8, 4) is 0 Å². The van der Waals surface area contributed by atoms with Crippen LogP contribution in [0.5, 0.6) is 0 Å². The normalized spacial score (nSPS) is 15.9. The van der Waals surface area contributed by atoms with E-state index in [2.05, 4.69) is 0 Å². The molecule has 11 heavy (non-hydrogen) atoms. The Bertz CT molecular complexity index is 128. The first-order valence-electron chi connectivity index (χ1n) is 3.50. The zero-order valence-corrected chi connectivity index (χ0v) is 6.43. The minimum absolute atomic E-state index is 0.00440. The first-order chi connectivity index (χ1) is 5.07. The second-order valence-corrected chi connectivity index (χ2v) is 2.63. The van der Waals surface area contributed by atoms with Crippen LogP contribution in [-0.4, -0.2) is 28.0 Å². The number of nitro groups is 1. The van der Waals surface area contributed by atoms with Gasteiger partial charge >= 0.3 is 6.23 Å². The highest BCUT2D eigenvalue weighted by Gasteiger charge is 2.15. The molecule has 0 heterocycles. The fourth-order valence-corrected chi connectivity index (χ4v) is 0.630. The highest BCUT2D eigenvalue weighted by Crippen LogP contribution is 2.06. The fraction of sp³-hybridized carbons (Fsp3) is 1.00. The number of aliphatic hydroxyl groups is 2. The molecule has 5 heteroatoms. The zero-order valence-electron chi connectivity index (χ0n) is 6.43. The molecule has 0 amide bonds. The van der Waals surface area contributed by atoms with E-state index in [4.69, 9.17) is 10.2 Å². The van der Waals surface area contributed by atoms with Gasteiger partial charge in [-0.25, -0.2) is 0 Å². The minimum atomic E-state index is -1.48. The molecule has 2 unspecified atom stereocenters. The van der Waals surface area contributed by atoms with Crippen LogP contribution in [0.2, 0.25) is 0 Å². The molecule has 0 aliphatic rings. The molecule has 5 nitrogen and oxygen atoms in total. The van der Waals surface area contributed by atoms with Gasteiger partial charge in [-0.2, -0.15) is 0 Å². The number of nitrogens with zero attached hydrogens (tertiary/aromatic N) is 1. The van der Waals surface area contributed by atoms with Crippen molar-refractivity contribution in [3.05, 3.63) is 10.1 Å². The summed E-state index contributed by atoms with van der Waals surface area (Å²) in [5.41, 5.74) is 0. The minimum Gasteiger partial charge on any atom is -0.396 e. The van der Waals surface area contributed by atoms with Gasteiger partial charge in [0.15, 0.2) is 0 Å². The molecule has 0 aliphatic carbocycles. The van der Waals surface area contributed by atoms with E-state index in [1.54, 1.807) is 6.92 Å². The smallest absolute Gasteiger partial charge is 0.313 e. The van der Waals surface area contributed by atoms with Crippen LogP contribution < -0.4 is 0 Å². The molecule has 0 aromatic heterocycles. The second-order valence-electron chi connectivity index (χ2n) is 2.63. The fourth-order valence-electron chi connectivity index (χ4n) is 0.630. The SMILES string of the molecule is CC(CO)CCC(O)[N+](=O)[O-]. The molecule has 0 saturated carbocycles. The Morgan fingerprint density at radius 1 is 1.55 bits per heavy atom. The molecule has 2 atom stereocenters. The summed E-state index contributed by atoms with van der Waals surface area (Å²) in [6.07, 6.45) is -0.906. The number of hydrogen-bond donors (Lipinski definition) is 2. The van der Waals surface area contributed by atoms with Crippen LogP contribution in [0.25, 0.3) is 0 Å². The molecule has 0 aromatic rings. The van der Waals surface area contributed by atoms with Gasteiger partial charge in [0, 0.05) is 13.0 Å². The van der Waals surface area contributed by atoms with Crippen LogP contribution in [0.15, 0.2) is 0 Å². The lowest BCUT2D eigenvalue weighted by atomic mass is 10.1. The van der Waals surface area contributed by atoms with Gasteiger partial charge in [-0.1, -0.05) is 6.92 Å². The van der Waals surface area contributed by atoms with Crippen LogP contribution in [0.3, 0.4) is 0 Å². The first-order valence-corrected chi connectivity index (χ1v) is 3.50. The summed E-state index contributed by atoms with van der Waals surface area (Å²) in [7, 11) is 0. The molecular formula is C6H13NO4. The summed E-state index contributed by atoms with van der Waals surface area (Å²) < 4.78 is 0. The summed E-state index contributed by atoms with van der Waals surface area (Å²) in [5, 5.41) is 27.1. The predicted molar refractivity (Wildman–Crippen MR) is 38.5 cm³/mol. The Hall–Kier alpha value is -0.680. The van der Waals surface area contributed by atoms with Crippen LogP contribution in [0.4, 0.5) is 0 Å². The van der Waals surface area contributed by atoms with Crippen LogP contribution in [0, 0.1) is 16.0 Å². The van der Waals surface area contributed by atoms with E-state index in [-0.39, 0.29) is 18.9 Å². The Balaban J connectivity index is 3.45. The topological polar surface area (TPSA) is 83.6 Å². The molecule has 0 aliphatic heterocycles. The third-order valence-corrected chi connectivity index (χ3v) is 1.47. The van der Waals surface area contributed by atoms with Gasteiger partial charge in [0.25, 0.3) is 0 Å². The van der Waals surface area contributed by atoms with Gasteiger partial charge in [-0.3, -0.25) is 10.1 Å². The van der Waals surface area contributed by atoms with Crippen molar-refractivity contribution in [3.63, 3.8) is 0 Å². The van der Waals surface area contributed by atoms with E-state index in [0.29, 0.717) is 6.42 Å². The van der Waals surface area contributed by atoms with Crippen molar-refractivity contribution >= 4 is 0 Å². The number of aliphatic hydroxyl groups excluding tert-OH is 2. The van der Waals surface area contributed by atoms with E-state index in [0.717, 1.165) is 0 Å². The lowest BCUT2D eigenvalue weighted by Crippen LogP contribution is -2.19. The average molecular weight is 163 g/mol. The average Bonchev–Trinajstić information content (AvgIpc) is 1.99. The van der Waals surface area contributed by atoms with E-state index in [9.17, 15) is 10.1 Å². The highest BCUT2D eigenvalue weighted by molar-refractivity contribution is 4.51. The monoisotopic (exact) mass is 163 g/mol. The van der Waals surface area contributed by atoms with Crippen molar-refractivity contribution in [1.82, 2.24) is 0 Å². The summed E-state index contributed by atoms with van der Waals surface area (Å²) >= 11 is 0. The molecule has 0 radical (unpaired) electrons. The first kappa shape index (κ1) is 10.3. The molecule has 0 rings (SSSR count). The molecule has 0 fully saturated rings. The maximum Gasteiger partial charge on any atom is 0.313 e. The Kier molecular flexibility index (Phi) is 4.72. The standard InChI is InChI=1S/C6H13NO4/c1-5(4-8)2-3-6(9)7(10)11/h5-6,8-9H,2-4H2,1H3. The lowest BCUT2D eigenvalue weighted by Gasteiger charge is -2.06. The Morgan fingerprint density at radius 3 is 2.45 bits per heavy atom. The maximum absolute atomic E-state index is 9.89.